The van der Waals surface area contributed by atoms with Gasteiger partial charge in [-0.3, -0.25) is 0 Å². The van der Waals surface area contributed by atoms with E-state index in [4.69, 9.17) is 24.1 Å². The quantitative estimate of drug-likeness (QED) is 0.569. The average molecular weight is 264 g/mol. The molecule has 1 unspecified atom stereocenters. The molecule has 0 spiro atoms. The van der Waals surface area contributed by atoms with Crippen LogP contribution in [0.25, 0.3) is 0 Å². The van der Waals surface area contributed by atoms with Crippen molar-refractivity contribution in [3.05, 3.63) is 0 Å². The Labute approximate surface area is 110 Å². The van der Waals surface area contributed by atoms with Crippen molar-refractivity contribution < 1.29 is 24.1 Å². The highest BCUT2D eigenvalue weighted by molar-refractivity contribution is 4.62. The van der Waals surface area contributed by atoms with Crippen LogP contribution in [0.3, 0.4) is 0 Å². The van der Waals surface area contributed by atoms with E-state index in [1.54, 1.807) is 0 Å². The van der Waals surface area contributed by atoms with Crippen LogP contribution < -0.4 is 0 Å². The minimum absolute atomic E-state index is 0.0504. The van der Waals surface area contributed by atoms with Crippen LogP contribution in [-0.4, -0.2) is 63.1 Å². The van der Waals surface area contributed by atoms with Crippen molar-refractivity contribution in [2.45, 2.75) is 39.4 Å². The van der Waals surface area contributed by atoms with Crippen molar-refractivity contribution in [3.63, 3.8) is 0 Å². The summed E-state index contributed by atoms with van der Waals surface area (Å²) in [5, 5.41) is 8.47. The van der Waals surface area contributed by atoms with Crippen molar-refractivity contribution in [1.82, 2.24) is 0 Å². The fourth-order valence-corrected chi connectivity index (χ4v) is 1.39. The molecule has 0 radical (unpaired) electrons. The van der Waals surface area contributed by atoms with E-state index >= 15 is 0 Å². The van der Waals surface area contributed by atoms with Gasteiger partial charge in [0.25, 0.3) is 0 Å². The van der Waals surface area contributed by atoms with Crippen LogP contribution in [0.4, 0.5) is 0 Å². The van der Waals surface area contributed by atoms with E-state index in [9.17, 15) is 0 Å². The van der Waals surface area contributed by atoms with Crippen molar-refractivity contribution in [2.75, 3.05) is 46.2 Å². The molecule has 0 aliphatic carbocycles. The Morgan fingerprint density at radius 1 is 0.889 bits per heavy atom. The van der Waals surface area contributed by atoms with Crippen LogP contribution in [0.2, 0.25) is 0 Å². The second kappa shape index (κ2) is 10.7. The molecule has 0 aliphatic heterocycles. The normalized spacial score (nSPS) is 13.8. The molecule has 0 fully saturated rings. The molecule has 5 nitrogen and oxygen atoms in total. The van der Waals surface area contributed by atoms with Crippen LogP contribution >= 0.6 is 0 Å². The number of rotatable bonds is 11. The Morgan fingerprint density at radius 2 is 1.39 bits per heavy atom. The second-order valence-corrected chi connectivity index (χ2v) is 5.06. The van der Waals surface area contributed by atoms with Crippen molar-refractivity contribution >= 4 is 0 Å². The van der Waals surface area contributed by atoms with E-state index in [-0.39, 0.29) is 18.3 Å². The average Bonchev–Trinajstić information content (AvgIpc) is 2.24. The largest absolute Gasteiger partial charge is 0.394 e. The van der Waals surface area contributed by atoms with Crippen LogP contribution in [0.5, 0.6) is 0 Å². The van der Waals surface area contributed by atoms with Gasteiger partial charge in [0.05, 0.1) is 58.0 Å². The molecular weight excluding hydrogens is 236 g/mol. The summed E-state index contributed by atoms with van der Waals surface area (Å²) in [5.41, 5.74) is -0.136. The number of aliphatic hydroxyl groups is 1. The highest BCUT2D eigenvalue weighted by Gasteiger charge is 2.14. The molecule has 0 saturated heterocycles. The summed E-state index contributed by atoms with van der Waals surface area (Å²) in [7, 11) is 0. The molecule has 0 rings (SSSR count). The zero-order chi connectivity index (χ0) is 13.9. The molecule has 0 saturated carbocycles. The lowest BCUT2D eigenvalue weighted by Gasteiger charge is -2.24. The topological polar surface area (TPSA) is 57.2 Å². The number of aliphatic hydroxyl groups excluding tert-OH is 1. The van der Waals surface area contributed by atoms with Crippen LogP contribution in [0, 0.1) is 0 Å². The summed E-state index contributed by atoms with van der Waals surface area (Å²) in [6.45, 7) is 11.2. The molecule has 18 heavy (non-hydrogen) atoms. The lowest BCUT2D eigenvalue weighted by Crippen LogP contribution is -2.29. The van der Waals surface area contributed by atoms with E-state index in [1.807, 2.05) is 27.7 Å². The molecule has 0 aromatic rings. The van der Waals surface area contributed by atoms with Gasteiger partial charge in [0.1, 0.15) is 0 Å². The Bertz CT molecular complexity index is 179. The highest BCUT2D eigenvalue weighted by atomic mass is 16.6. The van der Waals surface area contributed by atoms with Crippen LogP contribution in [0.1, 0.15) is 27.7 Å². The van der Waals surface area contributed by atoms with Gasteiger partial charge in [-0.2, -0.15) is 0 Å². The van der Waals surface area contributed by atoms with Crippen molar-refractivity contribution in [2.24, 2.45) is 0 Å². The zero-order valence-corrected chi connectivity index (χ0v) is 12.1. The van der Waals surface area contributed by atoms with Gasteiger partial charge in [-0.25, -0.2) is 0 Å². The van der Waals surface area contributed by atoms with E-state index in [0.29, 0.717) is 39.6 Å². The Hall–Kier alpha value is -0.200. The standard InChI is InChI=1S/C13H28O5/c1-12(18-13(2,3)4)11-17-10-9-16-8-7-15-6-5-14/h12,14H,5-11H2,1-4H3. The first-order valence-corrected chi connectivity index (χ1v) is 6.47. The molecule has 0 bridgehead atoms. The Balaban J connectivity index is 3.20. The van der Waals surface area contributed by atoms with E-state index in [2.05, 4.69) is 0 Å². The summed E-state index contributed by atoms with van der Waals surface area (Å²) in [4.78, 5) is 0. The maximum absolute atomic E-state index is 8.47. The first kappa shape index (κ1) is 17.8. The minimum atomic E-state index is -0.136. The first-order valence-electron chi connectivity index (χ1n) is 6.47. The summed E-state index contributed by atoms with van der Waals surface area (Å²) in [6, 6.07) is 0. The first-order chi connectivity index (χ1) is 8.45. The van der Waals surface area contributed by atoms with E-state index in [0.717, 1.165) is 0 Å². The summed E-state index contributed by atoms with van der Waals surface area (Å²) < 4.78 is 21.5. The van der Waals surface area contributed by atoms with Gasteiger partial charge in [-0.05, 0) is 27.7 Å². The van der Waals surface area contributed by atoms with Crippen LogP contribution in [0.15, 0.2) is 0 Å². The molecule has 110 valence electrons. The van der Waals surface area contributed by atoms with Gasteiger partial charge < -0.3 is 24.1 Å². The molecule has 5 heteroatoms. The van der Waals surface area contributed by atoms with Crippen molar-refractivity contribution in [1.29, 1.82) is 0 Å². The molecular formula is C13H28O5. The van der Waals surface area contributed by atoms with Crippen LogP contribution in [-0.2, 0) is 18.9 Å². The molecule has 1 N–H and O–H groups in total. The zero-order valence-electron chi connectivity index (χ0n) is 12.1. The number of hydrogen-bond acceptors (Lipinski definition) is 5. The fraction of sp³-hybridized carbons (Fsp3) is 1.00. The smallest absolute Gasteiger partial charge is 0.0787 e. The number of ether oxygens (including phenoxy) is 4. The monoisotopic (exact) mass is 264 g/mol. The Kier molecular flexibility index (Phi) is 10.6. The third-order valence-corrected chi connectivity index (χ3v) is 1.89. The van der Waals surface area contributed by atoms with Gasteiger partial charge in [0.15, 0.2) is 0 Å². The summed E-state index contributed by atoms with van der Waals surface area (Å²) in [6.07, 6.45) is 0.0814. The van der Waals surface area contributed by atoms with Gasteiger partial charge in [-0.1, -0.05) is 0 Å². The molecule has 0 aliphatic rings. The molecule has 0 aromatic heterocycles. The van der Waals surface area contributed by atoms with E-state index < -0.39 is 0 Å². The van der Waals surface area contributed by atoms with Gasteiger partial charge in [0, 0.05) is 0 Å². The maximum Gasteiger partial charge on any atom is 0.0787 e. The second-order valence-electron chi connectivity index (χ2n) is 5.06. The lowest BCUT2D eigenvalue weighted by molar-refractivity contribution is -0.0893. The summed E-state index contributed by atoms with van der Waals surface area (Å²) in [5.74, 6) is 0. The van der Waals surface area contributed by atoms with Gasteiger partial charge in [-0.15, -0.1) is 0 Å². The minimum Gasteiger partial charge on any atom is -0.394 e. The van der Waals surface area contributed by atoms with Gasteiger partial charge >= 0.3 is 0 Å². The molecule has 0 heterocycles. The van der Waals surface area contributed by atoms with Gasteiger partial charge in [0.2, 0.25) is 0 Å². The van der Waals surface area contributed by atoms with E-state index in [1.165, 1.54) is 0 Å². The SMILES string of the molecule is CC(COCCOCCOCCO)OC(C)(C)C. The molecule has 0 amide bonds. The highest BCUT2D eigenvalue weighted by Crippen LogP contribution is 2.10. The molecule has 0 aromatic carbocycles. The third kappa shape index (κ3) is 13.9. The predicted molar refractivity (Wildman–Crippen MR) is 69.8 cm³/mol. The lowest BCUT2D eigenvalue weighted by atomic mass is 10.2. The number of hydrogen-bond donors (Lipinski definition) is 1. The third-order valence-electron chi connectivity index (χ3n) is 1.89. The molecule has 1 atom stereocenters. The predicted octanol–water partition coefficient (Wildman–Crippen LogP) is 1.23. The fourth-order valence-electron chi connectivity index (χ4n) is 1.39. The maximum atomic E-state index is 8.47. The van der Waals surface area contributed by atoms with Crippen molar-refractivity contribution in [3.8, 4) is 0 Å². The Morgan fingerprint density at radius 3 is 1.89 bits per heavy atom. The summed E-state index contributed by atoms with van der Waals surface area (Å²) >= 11 is 0.